The van der Waals surface area contributed by atoms with Crippen LogP contribution in [0.1, 0.15) is 22.3 Å². The van der Waals surface area contributed by atoms with Crippen molar-refractivity contribution in [1.82, 2.24) is 4.98 Å². The highest BCUT2D eigenvalue weighted by atomic mass is 35.5. The number of aromatic nitrogens is 1. The molecule has 0 radical (unpaired) electrons. The van der Waals surface area contributed by atoms with E-state index in [4.69, 9.17) is 21.4 Å². The Labute approximate surface area is 119 Å². The van der Waals surface area contributed by atoms with Gasteiger partial charge in [-0.15, -0.1) is 11.3 Å². The number of hydrogen-bond donors (Lipinski definition) is 1. The average molecular weight is 298 g/mol. The number of rotatable bonds is 4. The molecular formula is C13H12ClNO3S. The quantitative estimate of drug-likeness (QED) is 0.934. The van der Waals surface area contributed by atoms with E-state index < -0.39 is 5.97 Å². The fourth-order valence-corrected chi connectivity index (χ4v) is 3.12. The number of benzene rings is 1. The van der Waals surface area contributed by atoms with Crippen molar-refractivity contribution >= 4 is 28.9 Å². The maximum absolute atomic E-state index is 11.2. The fraction of sp³-hybridized carbons (Fsp3) is 0.231. The zero-order chi connectivity index (χ0) is 14.0. The highest BCUT2D eigenvalue weighted by molar-refractivity contribution is 7.17. The van der Waals surface area contributed by atoms with Gasteiger partial charge in [0, 0.05) is 0 Å². The van der Waals surface area contributed by atoms with Gasteiger partial charge in [-0.05, 0) is 18.6 Å². The molecule has 19 heavy (non-hydrogen) atoms. The van der Waals surface area contributed by atoms with Crippen molar-refractivity contribution in [2.24, 2.45) is 0 Å². The molecule has 0 saturated carbocycles. The molecule has 6 heteroatoms. The smallest absolute Gasteiger partial charge is 0.347 e. The fourth-order valence-electron chi connectivity index (χ4n) is 1.75. The third-order valence-electron chi connectivity index (χ3n) is 2.64. The number of nitrogens with zero attached hydrogens (tertiary/aromatic N) is 1. The molecule has 100 valence electrons. The number of carboxylic acid groups (broad SMARTS) is 1. The molecule has 0 aliphatic rings. The van der Waals surface area contributed by atoms with Crippen LogP contribution in [0.2, 0.25) is 5.02 Å². The Balaban J connectivity index is 2.63. The van der Waals surface area contributed by atoms with Crippen LogP contribution < -0.4 is 4.74 Å². The van der Waals surface area contributed by atoms with Crippen molar-refractivity contribution in [3.8, 4) is 16.3 Å². The molecule has 1 heterocycles. The number of halogens is 1. The lowest BCUT2D eigenvalue weighted by molar-refractivity contribution is 0.0701. The molecule has 0 saturated heterocycles. The Morgan fingerprint density at radius 2 is 2.26 bits per heavy atom. The first-order valence-corrected chi connectivity index (χ1v) is 6.83. The topological polar surface area (TPSA) is 59.4 Å². The summed E-state index contributed by atoms with van der Waals surface area (Å²) in [6.07, 6.45) is 0.560. The standard InChI is InChI=1S/C13H12ClNO3S/c1-3-8-11(13(16)17)19-12(15-8)10-7(14)5-4-6-9(10)18-2/h4-6H,3H2,1-2H3,(H,16,17). The first-order valence-electron chi connectivity index (χ1n) is 5.64. The van der Waals surface area contributed by atoms with Gasteiger partial charge in [-0.2, -0.15) is 0 Å². The van der Waals surface area contributed by atoms with Crippen LogP contribution in [0.3, 0.4) is 0 Å². The molecule has 1 N–H and O–H groups in total. The molecule has 1 aromatic carbocycles. The minimum atomic E-state index is -0.966. The zero-order valence-corrected chi connectivity index (χ0v) is 12.0. The number of ether oxygens (including phenoxy) is 1. The Morgan fingerprint density at radius 3 is 2.79 bits per heavy atom. The van der Waals surface area contributed by atoms with Crippen molar-refractivity contribution < 1.29 is 14.6 Å². The van der Waals surface area contributed by atoms with E-state index in [0.29, 0.717) is 33.5 Å². The summed E-state index contributed by atoms with van der Waals surface area (Å²) in [5, 5.41) is 10.2. The molecule has 0 fully saturated rings. The van der Waals surface area contributed by atoms with Crippen LogP contribution >= 0.6 is 22.9 Å². The van der Waals surface area contributed by atoms with Crippen LogP contribution in [0.25, 0.3) is 10.6 Å². The van der Waals surface area contributed by atoms with Gasteiger partial charge in [-0.1, -0.05) is 24.6 Å². The molecule has 2 rings (SSSR count). The van der Waals surface area contributed by atoms with Gasteiger partial charge in [0.05, 0.1) is 23.4 Å². The number of hydrogen-bond acceptors (Lipinski definition) is 4. The van der Waals surface area contributed by atoms with E-state index in [-0.39, 0.29) is 4.88 Å². The maximum Gasteiger partial charge on any atom is 0.347 e. The van der Waals surface area contributed by atoms with Crippen molar-refractivity contribution in [2.45, 2.75) is 13.3 Å². The number of carbonyl (C=O) groups is 1. The maximum atomic E-state index is 11.2. The second kappa shape index (κ2) is 5.59. The minimum absolute atomic E-state index is 0.250. The Hall–Kier alpha value is -1.59. The molecule has 0 aliphatic carbocycles. The minimum Gasteiger partial charge on any atom is -0.496 e. The van der Waals surface area contributed by atoms with Crippen LogP contribution in [0.15, 0.2) is 18.2 Å². The van der Waals surface area contributed by atoms with Gasteiger partial charge in [0.15, 0.2) is 0 Å². The molecular weight excluding hydrogens is 286 g/mol. The third-order valence-corrected chi connectivity index (χ3v) is 4.05. The lowest BCUT2D eigenvalue weighted by Gasteiger charge is -2.07. The molecule has 1 aromatic heterocycles. The number of thiazole rings is 1. The highest BCUT2D eigenvalue weighted by Crippen LogP contribution is 2.39. The summed E-state index contributed by atoms with van der Waals surface area (Å²) in [5.41, 5.74) is 1.20. The van der Waals surface area contributed by atoms with E-state index in [1.165, 1.54) is 0 Å². The summed E-state index contributed by atoms with van der Waals surface area (Å²) >= 11 is 7.28. The van der Waals surface area contributed by atoms with Crippen molar-refractivity contribution in [3.63, 3.8) is 0 Å². The van der Waals surface area contributed by atoms with Gasteiger partial charge in [-0.3, -0.25) is 0 Å². The van der Waals surface area contributed by atoms with Gasteiger partial charge < -0.3 is 9.84 Å². The van der Waals surface area contributed by atoms with E-state index in [2.05, 4.69) is 4.98 Å². The van der Waals surface area contributed by atoms with E-state index in [0.717, 1.165) is 11.3 Å². The predicted molar refractivity (Wildman–Crippen MR) is 75.4 cm³/mol. The molecule has 0 atom stereocenters. The SMILES string of the molecule is CCc1nc(-c2c(Cl)cccc2OC)sc1C(=O)O. The second-order valence-corrected chi connectivity index (χ2v) is 5.18. The number of aryl methyl sites for hydroxylation is 1. The van der Waals surface area contributed by atoms with Crippen LogP contribution in [-0.4, -0.2) is 23.2 Å². The molecule has 0 amide bonds. The first kappa shape index (κ1) is 13.8. The molecule has 4 nitrogen and oxygen atoms in total. The summed E-state index contributed by atoms with van der Waals surface area (Å²) in [6, 6.07) is 5.28. The third kappa shape index (κ3) is 2.57. The first-order chi connectivity index (χ1) is 9.08. The van der Waals surface area contributed by atoms with Crippen LogP contribution in [0.5, 0.6) is 5.75 Å². The normalized spacial score (nSPS) is 10.5. The summed E-state index contributed by atoms with van der Waals surface area (Å²) in [5.74, 6) is -0.382. The molecule has 0 aliphatic heterocycles. The average Bonchev–Trinajstić information content (AvgIpc) is 2.82. The number of aromatic carboxylic acids is 1. The van der Waals surface area contributed by atoms with Gasteiger partial charge in [0.1, 0.15) is 15.6 Å². The van der Waals surface area contributed by atoms with Crippen LogP contribution in [0.4, 0.5) is 0 Å². The molecule has 0 spiro atoms. The van der Waals surface area contributed by atoms with E-state index in [1.807, 2.05) is 6.92 Å². The largest absolute Gasteiger partial charge is 0.496 e. The number of methoxy groups -OCH3 is 1. The van der Waals surface area contributed by atoms with Crippen molar-refractivity contribution in [3.05, 3.63) is 33.8 Å². The highest BCUT2D eigenvalue weighted by Gasteiger charge is 2.20. The molecule has 2 aromatic rings. The van der Waals surface area contributed by atoms with Gasteiger partial charge >= 0.3 is 5.97 Å². The summed E-state index contributed by atoms with van der Waals surface area (Å²) < 4.78 is 5.26. The van der Waals surface area contributed by atoms with Crippen molar-refractivity contribution in [1.29, 1.82) is 0 Å². The Morgan fingerprint density at radius 1 is 1.53 bits per heavy atom. The monoisotopic (exact) mass is 297 g/mol. The Bertz CT molecular complexity index is 624. The zero-order valence-electron chi connectivity index (χ0n) is 10.4. The summed E-state index contributed by atoms with van der Waals surface area (Å²) in [6.45, 7) is 1.87. The summed E-state index contributed by atoms with van der Waals surface area (Å²) in [7, 11) is 1.54. The van der Waals surface area contributed by atoms with Crippen molar-refractivity contribution in [2.75, 3.05) is 7.11 Å². The predicted octanol–water partition coefficient (Wildman–Crippen LogP) is 3.73. The van der Waals surface area contributed by atoms with E-state index >= 15 is 0 Å². The molecule has 0 unspecified atom stereocenters. The lowest BCUT2D eigenvalue weighted by atomic mass is 10.2. The molecule has 0 bridgehead atoms. The van der Waals surface area contributed by atoms with Crippen LogP contribution in [-0.2, 0) is 6.42 Å². The van der Waals surface area contributed by atoms with E-state index in [9.17, 15) is 4.79 Å². The van der Waals surface area contributed by atoms with Gasteiger partial charge in [0.2, 0.25) is 0 Å². The van der Waals surface area contributed by atoms with E-state index in [1.54, 1.807) is 25.3 Å². The summed E-state index contributed by atoms with van der Waals surface area (Å²) in [4.78, 5) is 15.8. The second-order valence-electron chi connectivity index (χ2n) is 3.77. The van der Waals surface area contributed by atoms with Gasteiger partial charge in [0.25, 0.3) is 0 Å². The Kier molecular flexibility index (Phi) is 4.07. The van der Waals surface area contributed by atoms with Gasteiger partial charge in [-0.25, -0.2) is 9.78 Å². The van der Waals surface area contributed by atoms with Crippen LogP contribution in [0, 0.1) is 0 Å². The number of carboxylic acids is 1. The lowest BCUT2D eigenvalue weighted by Crippen LogP contribution is -1.97.